The number of aryl methyl sites for hydroxylation is 2. The smallest absolute Gasteiger partial charge is 0.317 e. The summed E-state index contributed by atoms with van der Waals surface area (Å²) in [7, 11) is 1.73. The van der Waals surface area contributed by atoms with Crippen molar-refractivity contribution in [2.45, 2.75) is 32.4 Å². The summed E-state index contributed by atoms with van der Waals surface area (Å²) in [6.45, 7) is 5.85. The Kier molecular flexibility index (Phi) is 6.24. The molecule has 2 rings (SSSR count). The van der Waals surface area contributed by atoms with E-state index < -0.39 is 6.10 Å². The van der Waals surface area contributed by atoms with E-state index in [0.29, 0.717) is 19.8 Å². The minimum Gasteiger partial charge on any atom is -0.493 e. The summed E-state index contributed by atoms with van der Waals surface area (Å²) in [5, 5.41) is 12.4. The van der Waals surface area contributed by atoms with Crippen molar-refractivity contribution >= 4 is 6.03 Å². The largest absolute Gasteiger partial charge is 0.493 e. The molecule has 128 valence electrons. The lowest BCUT2D eigenvalue weighted by Gasteiger charge is -2.22. The molecule has 0 aromatic heterocycles. The number of benzene rings is 1. The molecule has 6 heteroatoms. The lowest BCUT2D eigenvalue weighted by molar-refractivity contribution is 0.121. The van der Waals surface area contributed by atoms with Gasteiger partial charge < -0.3 is 24.8 Å². The molecule has 0 saturated carbocycles. The van der Waals surface area contributed by atoms with Crippen molar-refractivity contribution in [3.63, 3.8) is 0 Å². The Morgan fingerprint density at radius 2 is 2.22 bits per heavy atom. The molecule has 1 aromatic rings. The SMILES string of the molecule is Cc1ccc(OCCCN(C)C(=O)N[C@H]2COC[C@@H]2O)c(C)c1. The number of carbonyl (C=O) groups excluding carboxylic acids is 1. The van der Waals surface area contributed by atoms with Gasteiger partial charge in [0, 0.05) is 13.6 Å². The van der Waals surface area contributed by atoms with Crippen LogP contribution in [0.2, 0.25) is 0 Å². The molecule has 2 atom stereocenters. The van der Waals surface area contributed by atoms with E-state index in [4.69, 9.17) is 9.47 Å². The number of hydrogen-bond acceptors (Lipinski definition) is 4. The number of amides is 2. The Balaban J connectivity index is 1.67. The normalized spacial score (nSPS) is 20.3. The van der Waals surface area contributed by atoms with E-state index in [0.717, 1.165) is 17.7 Å². The number of rotatable bonds is 6. The van der Waals surface area contributed by atoms with Gasteiger partial charge in [0.2, 0.25) is 0 Å². The zero-order valence-electron chi connectivity index (χ0n) is 14.0. The Hall–Kier alpha value is -1.79. The van der Waals surface area contributed by atoms with E-state index in [1.165, 1.54) is 5.56 Å². The van der Waals surface area contributed by atoms with Gasteiger partial charge >= 0.3 is 6.03 Å². The van der Waals surface area contributed by atoms with Crippen LogP contribution in [0.1, 0.15) is 17.5 Å². The second-order valence-electron chi connectivity index (χ2n) is 6.05. The fourth-order valence-corrected chi connectivity index (χ4v) is 2.50. The van der Waals surface area contributed by atoms with Crippen molar-refractivity contribution < 1.29 is 19.4 Å². The molecule has 2 amide bonds. The topological polar surface area (TPSA) is 71.0 Å². The lowest BCUT2D eigenvalue weighted by atomic mass is 10.1. The molecule has 0 bridgehead atoms. The number of hydrogen-bond donors (Lipinski definition) is 2. The van der Waals surface area contributed by atoms with E-state index >= 15 is 0 Å². The predicted molar refractivity (Wildman–Crippen MR) is 87.8 cm³/mol. The van der Waals surface area contributed by atoms with E-state index in [2.05, 4.69) is 18.3 Å². The van der Waals surface area contributed by atoms with Gasteiger partial charge in [0.05, 0.1) is 32.0 Å². The zero-order valence-corrected chi connectivity index (χ0v) is 14.0. The van der Waals surface area contributed by atoms with Crippen molar-refractivity contribution in [1.82, 2.24) is 10.2 Å². The van der Waals surface area contributed by atoms with Crippen LogP contribution in [0.5, 0.6) is 5.75 Å². The molecule has 0 unspecified atom stereocenters. The number of urea groups is 1. The van der Waals surface area contributed by atoms with Crippen LogP contribution in [-0.4, -0.2) is 61.6 Å². The van der Waals surface area contributed by atoms with Gasteiger partial charge in [-0.15, -0.1) is 0 Å². The minimum atomic E-state index is -0.625. The van der Waals surface area contributed by atoms with E-state index in [-0.39, 0.29) is 18.7 Å². The summed E-state index contributed by atoms with van der Waals surface area (Å²) in [6.07, 6.45) is 0.112. The second kappa shape index (κ2) is 8.17. The molecule has 0 spiro atoms. The number of aliphatic hydroxyl groups excluding tert-OH is 1. The molecular formula is C17H26N2O4. The molecule has 2 N–H and O–H groups in total. The highest BCUT2D eigenvalue weighted by atomic mass is 16.5. The fourth-order valence-electron chi connectivity index (χ4n) is 2.50. The van der Waals surface area contributed by atoms with Gasteiger partial charge in [-0.3, -0.25) is 0 Å². The third kappa shape index (κ3) is 5.11. The van der Waals surface area contributed by atoms with Crippen LogP contribution < -0.4 is 10.1 Å². The first kappa shape index (κ1) is 17.6. The molecular weight excluding hydrogens is 296 g/mol. The molecule has 1 fully saturated rings. The Bertz CT molecular complexity index is 535. The van der Waals surface area contributed by atoms with Crippen molar-refractivity contribution in [3.05, 3.63) is 29.3 Å². The maximum absolute atomic E-state index is 12.0. The maximum Gasteiger partial charge on any atom is 0.317 e. The van der Waals surface area contributed by atoms with E-state index in [1.807, 2.05) is 19.1 Å². The Morgan fingerprint density at radius 3 is 2.87 bits per heavy atom. The van der Waals surface area contributed by atoms with Crippen LogP contribution in [0.3, 0.4) is 0 Å². The third-order valence-corrected chi connectivity index (χ3v) is 3.93. The molecule has 1 aliphatic rings. The van der Waals surface area contributed by atoms with Gasteiger partial charge in [-0.05, 0) is 31.9 Å². The highest BCUT2D eigenvalue weighted by Crippen LogP contribution is 2.18. The average molecular weight is 322 g/mol. The van der Waals surface area contributed by atoms with Gasteiger partial charge in [0.25, 0.3) is 0 Å². The Morgan fingerprint density at radius 1 is 1.43 bits per heavy atom. The molecule has 0 aliphatic carbocycles. The highest BCUT2D eigenvalue weighted by Gasteiger charge is 2.28. The number of carbonyl (C=O) groups is 1. The monoisotopic (exact) mass is 322 g/mol. The summed E-state index contributed by atoms with van der Waals surface area (Å²) in [6, 6.07) is 5.56. The first-order valence-corrected chi connectivity index (χ1v) is 7.95. The van der Waals surface area contributed by atoms with Crippen molar-refractivity contribution in [1.29, 1.82) is 0 Å². The molecule has 1 saturated heterocycles. The molecule has 6 nitrogen and oxygen atoms in total. The third-order valence-electron chi connectivity index (χ3n) is 3.93. The molecule has 1 aliphatic heterocycles. The molecule has 23 heavy (non-hydrogen) atoms. The lowest BCUT2D eigenvalue weighted by Crippen LogP contribution is -2.48. The van der Waals surface area contributed by atoms with Crippen LogP contribution >= 0.6 is 0 Å². The summed E-state index contributed by atoms with van der Waals surface area (Å²) in [5.41, 5.74) is 2.33. The highest BCUT2D eigenvalue weighted by molar-refractivity contribution is 5.74. The molecule has 1 heterocycles. The fraction of sp³-hybridized carbons (Fsp3) is 0.588. The molecule has 1 aromatic carbocycles. The van der Waals surface area contributed by atoms with Gasteiger partial charge in [-0.25, -0.2) is 4.79 Å². The van der Waals surface area contributed by atoms with Gasteiger partial charge in [-0.1, -0.05) is 17.7 Å². The number of nitrogens with zero attached hydrogens (tertiary/aromatic N) is 1. The molecule has 0 radical (unpaired) electrons. The summed E-state index contributed by atoms with van der Waals surface area (Å²) < 4.78 is 10.9. The van der Waals surface area contributed by atoms with Gasteiger partial charge in [0.1, 0.15) is 5.75 Å². The summed E-state index contributed by atoms with van der Waals surface area (Å²) in [5.74, 6) is 0.883. The van der Waals surface area contributed by atoms with Crippen LogP contribution in [-0.2, 0) is 4.74 Å². The first-order chi connectivity index (χ1) is 11.0. The summed E-state index contributed by atoms with van der Waals surface area (Å²) in [4.78, 5) is 13.6. The minimum absolute atomic E-state index is 0.203. The van der Waals surface area contributed by atoms with Gasteiger partial charge in [-0.2, -0.15) is 0 Å². The van der Waals surface area contributed by atoms with Gasteiger partial charge in [0.15, 0.2) is 0 Å². The van der Waals surface area contributed by atoms with E-state index in [1.54, 1.807) is 11.9 Å². The van der Waals surface area contributed by atoms with Crippen LogP contribution in [0.4, 0.5) is 4.79 Å². The standard InChI is InChI=1S/C17H26N2O4/c1-12-5-6-16(13(2)9-12)23-8-4-7-19(3)17(21)18-14-10-22-11-15(14)20/h5-6,9,14-15,20H,4,7-8,10-11H2,1-3H3,(H,18,21)/t14-,15-/m0/s1. The maximum atomic E-state index is 12.0. The zero-order chi connectivity index (χ0) is 16.8. The summed E-state index contributed by atoms with van der Waals surface area (Å²) >= 11 is 0. The number of aliphatic hydroxyl groups is 1. The average Bonchev–Trinajstić information content (AvgIpc) is 2.90. The van der Waals surface area contributed by atoms with E-state index in [9.17, 15) is 9.90 Å². The van der Waals surface area contributed by atoms with Crippen molar-refractivity contribution in [3.8, 4) is 5.75 Å². The van der Waals surface area contributed by atoms with Crippen molar-refractivity contribution in [2.75, 3.05) is 33.4 Å². The van der Waals surface area contributed by atoms with Crippen LogP contribution in [0.15, 0.2) is 18.2 Å². The quantitative estimate of drug-likeness (QED) is 0.778. The van der Waals surface area contributed by atoms with Crippen LogP contribution in [0, 0.1) is 13.8 Å². The van der Waals surface area contributed by atoms with Crippen molar-refractivity contribution in [2.24, 2.45) is 0 Å². The first-order valence-electron chi connectivity index (χ1n) is 7.95. The Labute approximate surface area is 137 Å². The number of ether oxygens (including phenoxy) is 2. The second-order valence-corrected chi connectivity index (χ2v) is 6.05. The number of nitrogens with one attached hydrogen (secondary N) is 1. The van der Waals surface area contributed by atoms with Crippen LogP contribution in [0.25, 0.3) is 0 Å². The predicted octanol–water partition coefficient (Wildman–Crippen LogP) is 1.47.